The molecule has 0 spiro atoms. The molecule has 1 saturated heterocycles. The fourth-order valence-corrected chi connectivity index (χ4v) is 3.77. The van der Waals surface area contributed by atoms with Gasteiger partial charge in [0.1, 0.15) is 16.5 Å². The van der Waals surface area contributed by atoms with Crippen LogP contribution in [0.3, 0.4) is 0 Å². The van der Waals surface area contributed by atoms with Gasteiger partial charge < -0.3 is 10.6 Å². The van der Waals surface area contributed by atoms with E-state index in [4.69, 9.17) is 0 Å². The molecule has 3 aromatic rings. The summed E-state index contributed by atoms with van der Waals surface area (Å²) in [5, 5.41) is 9.51. The summed E-state index contributed by atoms with van der Waals surface area (Å²) in [6.45, 7) is 2.06. The van der Waals surface area contributed by atoms with Gasteiger partial charge in [-0.15, -0.1) is 11.3 Å². The van der Waals surface area contributed by atoms with Crippen LogP contribution >= 0.6 is 11.3 Å². The number of amides is 1. The molecule has 3 heterocycles. The Labute approximate surface area is 144 Å². The van der Waals surface area contributed by atoms with Crippen molar-refractivity contribution in [2.24, 2.45) is 0 Å². The van der Waals surface area contributed by atoms with Crippen molar-refractivity contribution in [3.8, 4) is 0 Å². The van der Waals surface area contributed by atoms with Gasteiger partial charge in [-0.1, -0.05) is 19.1 Å². The molecule has 1 fully saturated rings. The van der Waals surface area contributed by atoms with Crippen LogP contribution < -0.4 is 10.6 Å². The summed E-state index contributed by atoms with van der Waals surface area (Å²) < 4.78 is 0. The summed E-state index contributed by atoms with van der Waals surface area (Å²) in [6.07, 6.45) is 2.25. The number of carbonyl (C=O) groups is 1. The van der Waals surface area contributed by atoms with Crippen LogP contribution in [0, 0.1) is 0 Å². The van der Waals surface area contributed by atoms with E-state index >= 15 is 0 Å². The van der Waals surface area contributed by atoms with Crippen LogP contribution in [0.5, 0.6) is 0 Å². The molecule has 1 unspecified atom stereocenters. The Kier molecular flexibility index (Phi) is 3.90. The van der Waals surface area contributed by atoms with Gasteiger partial charge in [-0.25, -0.2) is 9.97 Å². The van der Waals surface area contributed by atoms with E-state index in [0.717, 1.165) is 46.0 Å². The lowest BCUT2D eigenvalue weighted by Gasteiger charge is -2.13. The number of nitrogens with one attached hydrogen (secondary N) is 2. The first-order valence-electron chi connectivity index (χ1n) is 8.13. The molecule has 2 N–H and O–H groups in total. The molecule has 122 valence electrons. The quantitative estimate of drug-likeness (QED) is 0.756. The molecule has 1 atom stereocenters. The molecule has 2 aromatic heterocycles. The number of anilines is 2. The molecular formula is C18H18N4OS. The Balaban J connectivity index is 1.66. The van der Waals surface area contributed by atoms with E-state index in [1.165, 1.54) is 0 Å². The van der Waals surface area contributed by atoms with E-state index in [9.17, 15) is 4.79 Å². The van der Waals surface area contributed by atoms with Crippen molar-refractivity contribution in [1.29, 1.82) is 0 Å². The van der Waals surface area contributed by atoms with Crippen LogP contribution in [0.4, 0.5) is 11.5 Å². The van der Waals surface area contributed by atoms with Gasteiger partial charge in [0, 0.05) is 18.5 Å². The number of carbonyl (C=O) groups excluding carboxylic acids is 1. The third-order valence-corrected chi connectivity index (χ3v) is 5.04. The summed E-state index contributed by atoms with van der Waals surface area (Å²) in [6, 6.07) is 10.3. The Bertz CT molecular complexity index is 905. The van der Waals surface area contributed by atoms with E-state index < -0.39 is 0 Å². The maximum absolute atomic E-state index is 11.4. The summed E-state index contributed by atoms with van der Waals surface area (Å²) in [5.74, 6) is 1.80. The number of benzene rings is 1. The van der Waals surface area contributed by atoms with Crippen molar-refractivity contribution >= 4 is 39.0 Å². The summed E-state index contributed by atoms with van der Waals surface area (Å²) in [4.78, 5) is 21.7. The van der Waals surface area contributed by atoms with Crippen LogP contribution in [0.25, 0.3) is 10.2 Å². The van der Waals surface area contributed by atoms with Crippen LogP contribution in [0.1, 0.15) is 37.2 Å². The van der Waals surface area contributed by atoms with Crippen molar-refractivity contribution < 1.29 is 4.79 Å². The van der Waals surface area contributed by atoms with E-state index in [2.05, 4.69) is 39.7 Å². The van der Waals surface area contributed by atoms with Gasteiger partial charge >= 0.3 is 0 Å². The molecule has 4 rings (SSSR count). The number of aryl methyl sites for hydroxylation is 1. The molecule has 0 bridgehead atoms. The SMILES string of the molecule is CCc1nc(Nc2cccc(C3CCC(=O)N3)c2)c2ccsc2n1. The Morgan fingerprint density at radius 2 is 2.25 bits per heavy atom. The van der Waals surface area contributed by atoms with Gasteiger partial charge in [0.2, 0.25) is 5.91 Å². The van der Waals surface area contributed by atoms with Gasteiger partial charge in [0.25, 0.3) is 0 Å². The first kappa shape index (κ1) is 15.1. The molecule has 1 aromatic carbocycles. The molecule has 1 aliphatic heterocycles. The van der Waals surface area contributed by atoms with E-state index in [0.29, 0.717) is 6.42 Å². The van der Waals surface area contributed by atoms with Gasteiger partial charge in [0.05, 0.1) is 11.4 Å². The third kappa shape index (κ3) is 2.85. The largest absolute Gasteiger partial charge is 0.349 e. The van der Waals surface area contributed by atoms with Crippen LogP contribution in [0.2, 0.25) is 0 Å². The summed E-state index contributed by atoms with van der Waals surface area (Å²) in [7, 11) is 0. The second kappa shape index (κ2) is 6.20. The zero-order valence-electron chi connectivity index (χ0n) is 13.4. The topological polar surface area (TPSA) is 66.9 Å². The number of aromatic nitrogens is 2. The second-order valence-electron chi connectivity index (χ2n) is 5.89. The van der Waals surface area contributed by atoms with Crippen LogP contribution in [-0.2, 0) is 11.2 Å². The molecule has 0 saturated carbocycles. The van der Waals surface area contributed by atoms with Crippen molar-refractivity contribution in [3.05, 3.63) is 47.1 Å². The van der Waals surface area contributed by atoms with E-state index in [1.807, 2.05) is 23.6 Å². The molecule has 5 nitrogen and oxygen atoms in total. The first-order chi connectivity index (χ1) is 11.7. The lowest BCUT2D eigenvalue weighted by Crippen LogP contribution is -2.18. The molecule has 1 aliphatic rings. The van der Waals surface area contributed by atoms with Crippen molar-refractivity contribution in [2.45, 2.75) is 32.2 Å². The zero-order valence-corrected chi connectivity index (χ0v) is 14.2. The van der Waals surface area contributed by atoms with Crippen molar-refractivity contribution in [3.63, 3.8) is 0 Å². The molecule has 0 aliphatic carbocycles. The Morgan fingerprint density at radius 1 is 1.33 bits per heavy atom. The average molecular weight is 338 g/mol. The Hall–Kier alpha value is -2.47. The minimum atomic E-state index is 0.108. The van der Waals surface area contributed by atoms with Gasteiger partial charge in [-0.05, 0) is 35.6 Å². The highest BCUT2D eigenvalue weighted by atomic mass is 32.1. The number of nitrogens with zero attached hydrogens (tertiary/aromatic N) is 2. The van der Waals surface area contributed by atoms with Crippen LogP contribution in [-0.4, -0.2) is 15.9 Å². The van der Waals surface area contributed by atoms with E-state index in [1.54, 1.807) is 11.3 Å². The lowest BCUT2D eigenvalue weighted by atomic mass is 10.0. The molecular weight excluding hydrogens is 320 g/mol. The normalized spacial score (nSPS) is 17.2. The minimum Gasteiger partial charge on any atom is -0.349 e. The Morgan fingerprint density at radius 3 is 3.04 bits per heavy atom. The van der Waals surface area contributed by atoms with Gasteiger partial charge in [-0.2, -0.15) is 0 Å². The van der Waals surface area contributed by atoms with Gasteiger partial charge in [-0.3, -0.25) is 4.79 Å². The highest BCUT2D eigenvalue weighted by molar-refractivity contribution is 7.16. The molecule has 1 amide bonds. The molecule has 0 radical (unpaired) electrons. The van der Waals surface area contributed by atoms with Crippen molar-refractivity contribution in [2.75, 3.05) is 5.32 Å². The van der Waals surface area contributed by atoms with E-state index in [-0.39, 0.29) is 11.9 Å². The maximum Gasteiger partial charge on any atom is 0.220 e. The fourth-order valence-electron chi connectivity index (χ4n) is 2.99. The number of thiophene rings is 1. The monoisotopic (exact) mass is 338 g/mol. The zero-order chi connectivity index (χ0) is 16.5. The highest BCUT2D eigenvalue weighted by Crippen LogP contribution is 2.30. The number of fused-ring (bicyclic) bond motifs is 1. The maximum atomic E-state index is 11.4. The summed E-state index contributed by atoms with van der Waals surface area (Å²) in [5.41, 5.74) is 2.10. The lowest BCUT2D eigenvalue weighted by molar-refractivity contribution is -0.119. The minimum absolute atomic E-state index is 0.108. The van der Waals surface area contributed by atoms with Gasteiger partial charge in [0.15, 0.2) is 0 Å². The van der Waals surface area contributed by atoms with Crippen molar-refractivity contribution in [1.82, 2.24) is 15.3 Å². The predicted molar refractivity (Wildman–Crippen MR) is 96.6 cm³/mol. The fraction of sp³-hybridized carbons (Fsp3) is 0.278. The highest BCUT2D eigenvalue weighted by Gasteiger charge is 2.22. The number of hydrogen-bond acceptors (Lipinski definition) is 5. The third-order valence-electron chi connectivity index (χ3n) is 4.23. The molecule has 24 heavy (non-hydrogen) atoms. The predicted octanol–water partition coefficient (Wildman–Crippen LogP) is 3.95. The number of hydrogen-bond donors (Lipinski definition) is 2. The smallest absolute Gasteiger partial charge is 0.220 e. The van der Waals surface area contributed by atoms with Crippen LogP contribution in [0.15, 0.2) is 35.7 Å². The summed E-state index contributed by atoms with van der Waals surface area (Å²) >= 11 is 1.63. The first-order valence-corrected chi connectivity index (χ1v) is 9.01. The average Bonchev–Trinajstić information content (AvgIpc) is 3.24. The standard InChI is InChI=1S/C18H18N4OS/c1-2-15-21-17(13-8-9-24-18(13)22-15)19-12-5-3-4-11(10-12)14-6-7-16(23)20-14/h3-5,8-10,14H,2,6-7H2,1H3,(H,20,23)(H,19,21,22). The molecule has 6 heteroatoms. The second-order valence-corrected chi connectivity index (χ2v) is 6.79. The number of rotatable bonds is 4.